The van der Waals surface area contributed by atoms with Crippen molar-refractivity contribution in [2.45, 2.75) is 27.2 Å². The molecule has 0 bridgehead atoms. The quantitative estimate of drug-likeness (QED) is 0.516. The highest BCUT2D eigenvalue weighted by atomic mass is 14.9. The largest absolute Gasteiger partial charge is 0.387 e. The highest BCUT2D eigenvalue weighted by Gasteiger charge is 2.19. The number of amidine groups is 1. The lowest BCUT2D eigenvalue weighted by Gasteiger charge is -2.17. The molecule has 102 valence electrons. The van der Waals surface area contributed by atoms with E-state index in [9.17, 15) is 0 Å². The molecule has 1 aliphatic rings. The van der Waals surface area contributed by atoms with Crippen molar-refractivity contribution < 1.29 is 0 Å². The van der Waals surface area contributed by atoms with Crippen molar-refractivity contribution in [3.63, 3.8) is 0 Å². The summed E-state index contributed by atoms with van der Waals surface area (Å²) in [4.78, 5) is 4.57. The van der Waals surface area contributed by atoms with Crippen LogP contribution in [0.4, 0.5) is 5.69 Å². The molecule has 0 aliphatic heterocycles. The first-order valence-electron chi connectivity index (χ1n) is 7.01. The maximum atomic E-state index is 6.06. The Kier molecular flexibility index (Phi) is 2.89. The second-order valence-corrected chi connectivity index (χ2v) is 6.42. The van der Waals surface area contributed by atoms with Crippen LogP contribution in [-0.2, 0) is 6.42 Å². The minimum Gasteiger partial charge on any atom is -0.387 e. The topological polar surface area (TPSA) is 38.4 Å². The Bertz CT molecular complexity index is 691. The summed E-state index contributed by atoms with van der Waals surface area (Å²) < 4.78 is 0. The van der Waals surface area contributed by atoms with Crippen molar-refractivity contribution in [3.8, 4) is 11.1 Å². The second kappa shape index (κ2) is 4.48. The third-order valence-corrected chi connectivity index (χ3v) is 3.80. The summed E-state index contributed by atoms with van der Waals surface area (Å²) in [6.07, 6.45) is 0.990. The summed E-state index contributed by atoms with van der Waals surface area (Å²) in [5.41, 5.74) is 12.3. The van der Waals surface area contributed by atoms with Crippen molar-refractivity contribution in [2.75, 3.05) is 0 Å². The van der Waals surface area contributed by atoms with E-state index in [1.165, 1.54) is 22.3 Å². The van der Waals surface area contributed by atoms with Gasteiger partial charge in [0.2, 0.25) is 0 Å². The van der Waals surface area contributed by atoms with Crippen LogP contribution in [0.1, 0.15) is 31.9 Å². The molecule has 2 aromatic rings. The van der Waals surface area contributed by atoms with E-state index in [0.29, 0.717) is 5.84 Å². The minimum absolute atomic E-state index is 0.0953. The maximum Gasteiger partial charge on any atom is 0.105 e. The molecule has 1 aliphatic carbocycles. The van der Waals surface area contributed by atoms with Crippen LogP contribution >= 0.6 is 0 Å². The zero-order valence-corrected chi connectivity index (χ0v) is 12.3. The summed E-state index contributed by atoms with van der Waals surface area (Å²) in [5.74, 6) is 0.674. The van der Waals surface area contributed by atoms with Gasteiger partial charge >= 0.3 is 0 Å². The fourth-order valence-electron chi connectivity index (χ4n) is 2.51. The Morgan fingerprint density at radius 2 is 1.70 bits per heavy atom. The van der Waals surface area contributed by atoms with Gasteiger partial charge in [-0.15, -0.1) is 0 Å². The minimum atomic E-state index is -0.0953. The number of rotatable bonds is 1. The molecule has 0 radical (unpaired) electrons. The molecule has 0 saturated heterocycles. The van der Waals surface area contributed by atoms with E-state index >= 15 is 0 Å². The second-order valence-electron chi connectivity index (χ2n) is 6.42. The van der Waals surface area contributed by atoms with Gasteiger partial charge in [-0.25, -0.2) is 4.99 Å². The van der Waals surface area contributed by atoms with Gasteiger partial charge in [0.05, 0.1) is 5.69 Å². The Morgan fingerprint density at radius 1 is 1.00 bits per heavy atom. The van der Waals surface area contributed by atoms with Crippen molar-refractivity contribution in [3.05, 3.63) is 53.6 Å². The molecule has 0 unspecified atom stereocenters. The fourth-order valence-corrected chi connectivity index (χ4v) is 2.51. The Balaban J connectivity index is 1.99. The standard InChI is InChI=1S/C18H20N2/c1-18(2,3)17(19)20-14-8-9-16-13(11-14)10-12-6-4-5-7-15(12)16/h4-9,11H,10H2,1-3H3,(H2,19,20). The van der Waals surface area contributed by atoms with Crippen LogP contribution in [0.2, 0.25) is 0 Å². The van der Waals surface area contributed by atoms with Crippen LogP contribution in [0.5, 0.6) is 0 Å². The van der Waals surface area contributed by atoms with Gasteiger partial charge in [-0.2, -0.15) is 0 Å². The zero-order valence-electron chi connectivity index (χ0n) is 12.3. The van der Waals surface area contributed by atoms with Crippen LogP contribution in [-0.4, -0.2) is 5.84 Å². The molecule has 0 spiro atoms. The fraction of sp³-hybridized carbons (Fsp3) is 0.278. The van der Waals surface area contributed by atoms with Crippen molar-refractivity contribution in [1.29, 1.82) is 0 Å². The first kappa shape index (κ1) is 12.9. The highest BCUT2D eigenvalue weighted by Crippen LogP contribution is 2.38. The molecule has 0 aromatic heterocycles. The molecule has 0 heterocycles. The first-order chi connectivity index (χ1) is 9.45. The van der Waals surface area contributed by atoms with Gasteiger partial charge in [0, 0.05) is 5.41 Å². The van der Waals surface area contributed by atoms with Crippen molar-refractivity contribution >= 4 is 11.5 Å². The maximum absolute atomic E-state index is 6.06. The van der Waals surface area contributed by atoms with Crippen LogP contribution < -0.4 is 5.73 Å². The highest BCUT2D eigenvalue weighted by molar-refractivity contribution is 5.88. The van der Waals surface area contributed by atoms with E-state index in [2.05, 4.69) is 68.2 Å². The third-order valence-electron chi connectivity index (χ3n) is 3.80. The number of hydrogen-bond donors (Lipinski definition) is 1. The number of aliphatic imine (C=N–C) groups is 1. The van der Waals surface area contributed by atoms with Gasteiger partial charge in [-0.3, -0.25) is 0 Å². The van der Waals surface area contributed by atoms with E-state index < -0.39 is 0 Å². The van der Waals surface area contributed by atoms with Gasteiger partial charge in [-0.05, 0) is 40.8 Å². The molecule has 0 fully saturated rings. The summed E-state index contributed by atoms with van der Waals surface area (Å²) in [6.45, 7) is 6.24. The zero-order chi connectivity index (χ0) is 14.3. The smallest absolute Gasteiger partial charge is 0.105 e. The number of benzene rings is 2. The molecule has 0 atom stereocenters. The van der Waals surface area contributed by atoms with Gasteiger partial charge in [0.1, 0.15) is 5.84 Å². The number of nitrogens with two attached hydrogens (primary N) is 1. The van der Waals surface area contributed by atoms with Crippen LogP contribution in [0, 0.1) is 5.41 Å². The molecular weight excluding hydrogens is 244 g/mol. The average molecular weight is 264 g/mol. The predicted molar refractivity (Wildman–Crippen MR) is 85.4 cm³/mol. The Hall–Kier alpha value is -2.09. The molecule has 2 N–H and O–H groups in total. The number of nitrogens with zero attached hydrogens (tertiary/aromatic N) is 1. The van der Waals surface area contributed by atoms with Gasteiger partial charge < -0.3 is 5.73 Å². The van der Waals surface area contributed by atoms with E-state index in [0.717, 1.165) is 12.1 Å². The molecule has 0 saturated carbocycles. The van der Waals surface area contributed by atoms with Gasteiger partial charge in [-0.1, -0.05) is 51.1 Å². The molecular formula is C18H20N2. The Labute approximate surface area is 120 Å². The van der Waals surface area contributed by atoms with Crippen LogP contribution in [0.25, 0.3) is 11.1 Å². The molecule has 20 heavy (non-hydrogen) atoms. The monoisotopic (exact) mass is 264 g/mol. The third kappa shape index (κ3) is 2.22. The predicted octanol–water partition coefficient (Wildman–Crippen LogP) is 4.29. The molecule has 2 nitrogen and oxygen atoms in total. The summed E-state index contributed by atoms with van der Waals surface area (Å²) in [5, 5.41) is 0. The number of hydrogen-bond acceptors (Lipinski definition) is 1. The summed E-state index contributed by atoms with van der Waals surface area (Å²) in [7, 11) is 0. The summed E-state index contributed by atoms with van der Waals surface area (Å²) >= 11 is 0. The van der Waals surface area contributed by atoms with Gasteiger partial charge in [0.25, 0.3) is 0 Å². The van der Waals surface area contributed by atoms with E-state index in [1.54, 1.807) is 0 Å². The van der Waals surface area contributed by atoms with Crippen molar-refractivity contribution in [2.24, 2.45) is 16.1 Å². The van der Waals surface area contributed by atoms with E-state index in [4.69, 9.17) is 5.73 Å². The van der Waals surface area contributed by atoms with Gasteiger partial charge in [0.15, 0.2) is 0 Å². The first-order valence-corrected chi connectivity index (χ1v) is 7.01. The Morgan fingerprint density at radius 3 is 2.45 bits per heavy atom. The molecule has 2 heteroatoms. The van der Waals surface area contributed by atoms with Crippen LogP contribution in [0.3, 0.4) is 0 Å². The lowest BCUT2D eigenvalue weighted by atomic mass is 9.95. The average Bonchev–Trinajstić information content (AvgIpc) is 2.75. The van der Waals surface area contributed by atoms with E-state index in [-0.39, 0.29) is 5.41 Å². The normalized spacial score (nSPS) is 14.1. The molecule has 3 rings (SSSR count). The SMILES string of the molecule is CC(C)(C)C(N)=Nc1ccc2c(c1)Cc1ccccc1-2. The summed E-state index contributed by atoms with van der Waals surface area (Å²) in [6, 6.07) is 15.0. The van der Waals surface area contributed by atoms with Crippen molar-refractivity contribution in [1.82, 2.24) is 0 Å². The van der Waals surface area contributed by atoms with Crippen LogP contribution in [0.15, 0.2) is 47.5 Å². The molecule has 0 amide bonds. The number of fused-ring (bicyclic) bond motifs is 3. The molecule has 2 aromatic carbocycles. The van der Waals surface area contributed by atoms with E-state index in [1.807, 2.05) is 0 Å². The lowest BCUT2D eigenvalue weighted by molar-refractivity contribution is 0.585. The lowest BCUT2D eigenvalue weighted by Crippen LogP contribution is -2.28.